The minimum atomic E-state index is -0.0104. The zero-order valence-corrected chi connectivity index (χ0v) is 14.6. The van der Waals surface area contributed by atoms with Gasteiger partial charge in [-0.05, 0) is 33.9 Å². The summed E-state index contributed by atoms with van der Waals surface area (Å²) < 4.78 is 0. The molecule has 3 aromatic carbocycles. The second kappa shape index (κ2) is 7.01. The number of carbonyl (C=O) groups is 1. The number of hydrogen-bond donors (Lipinski definition) is 0. The van der Waals surface area contributed by atoms with Gasteiger partial charge < -0.3 is 4.90 Å². The van der Waals surface area contributed by atoms with E-state index in [4.69, 9.17) is 0 Å². The maximum atomic E-state index is 12.2. The predicted molar refractivity (Wildman–Crippen MR) is 106 cm³/mol. The second-order valence-corrected chi connectivity index (χ2v) is 6.67. The lowest BCUT2D eigenvalue weighted by Gasteiger charge is -2.35. The van der Waals surface area contributed by atoms with Crippen LogP contribution in [0.4, 0.5) is 0 Å². The van der Waals surface area contributed by atoms with Crippen molar-refractivity contribution in [2.75, 3.05) is 6.54 Å². The van der Waals surface area contributed by atoms with Crippen molar-refractivity contribution in [3.8, 4) is 11.1 Å². The molecule has 2 nitrogen and oxygen atoms in total. The fraction of sp³-hybridized carbons (Fsp3) is 0.125. The van der Waals surface area contributed by atoms with Gasteiger partial charge in [0.1, 0.15) is 0 Å². The Morgan fingerprint density at radius 3 is 2.31 bits per heavy atom. The van der Waals surface area contributed by atoms with Gasteiger partial charge in [-0.2, -0.15) is 0 Å². The third-order valence-electron chi connectivity index (χ3n) is 5.08. The van der Waals surface area contributed by atoms with Crippen LogP contribution in [-0.2, 0) is 11.3 Å². The molecule has 1 amide bonds. The topological polar surface area (TPSA) is 20.3 Å². The summed E-state index contributed by atoms with van der Waals surface area (Å²) in [5.74, 6) is 0.163. The molecular formula is C24H21NO. The van der Waals surface area contributed by atoms with Crippen LogP contribution >= 0.6 is 0 Å². The van der Waals surface area contributed by atoms with E-state index in [1.54, 1.807) is 0 Å². The first kappa shape index (κ1) is 16.3. The molecule has 0 radical (unpaired) electrons. The molecule has 1 atom stereocenters. The molecule has 4 rings (SSSR count). The third-order valence-corrected chi connectivity index (χ3v) is 5.08. The first-order valence-corrected chi connectivity index (χ1v) is 8.91. The van der Waals surface area contributed by atoms with Crippen LogP contribution in [0.15, 0.2) is 91.5 Å². The number of hydrogen-bond acceptors (Lipinski definition) is 1. The van der Waals surface area contributed by atoms with Crippen molar-refractivity contribution in [1.29, 1.82) is 0 Å². The summed E-state index contributed by atoms with van der Waals surface area (Å²) >= 11 is 0. The predicted octanol–water partition coefficient (Wildman–Crippen LogP) is 5.01. The number of carbonyl (C=O) groups excluding carboxylic acids is 1. The maximum Gasteiger partial charge on any atom is 0.246 e. The van der Waals surface area contributed by atoms with Crippen LogP contribution in [0.1, 0.15) is 22.6 Å². The molecule has 1 heterocycles. The van der Waals surface area contributed by atoms with Crippen LogP contribution in [-0.4, -0.2) is 17.4 Å². The molecule has 2 heteroatoms. The van der Waals surface area contributed by atoms with Gasteiger partial charge in [-0.3, -0.25) is 4.79 Å². The minimum absolute atomic E-state index is 0.0104. The van der Waals surface area contributed by atoms with Gasteiger partial charge in [-0.1, -0.05) is 85.4 Å². The van der Waals surface area contributed by atoms with E-state index < -0.39 is 0 Å². The highest BCUT2D eigenvalue weighted by Crippen LogP contribution is 2.36. The summed E-state index contributed by atoms with van der Waals surface area (Å²) in [4.78, 5) is 14.1. The van der Waals surface area contributed by atoms with E-state index in [-0.39, 0.29) is 11.8 Å². The molecule has 1 aliphatic rings. The average Bonchev–Trinajstić information content (AvgIpc) is 2.73. The zero-order chi connectivity index (χ0) is 17.9. The van der Waals surface area contributed by atoms with Crippen LogP contribution in [0.2, 0.25) is 0 Å². The van der Waals surface area contributed by atoms with Crippen LogP contribution in [0, 0.1) is 0 Å². The maximum absolute atomic E-state index is 12.2. The molecule has 0 saturated heterocycles. The van der Waals surface area contributed by atoms with Gasteiger partial charge >= 0.3 is 0 Å². The standard InChI is InChI=1S/C24H21NO/c1-2-24(26)25-16-21-14-13-20(18-9-5-3-6-10-18)15-22(21)23(17-25)19-11-7-4-8-12-19/h2-15,23H,1,16-17H2/t23-/m1/s1. The van der Waals surface area contributed by atoms with Gasteiger partial charge in [0.25, 0.3) is 0 Å². The van der Waals surface area contributed by atoms with Crippen molar-refractivity contribution in [3.05, 3.63) is 108 Å². The smallest absolute Gasteiger partial charge is 0.246 e. The van der Waals surface area contributed by atoms with Crippen molar-refractivity contribution < 1.29 is 4.79 Å². The van der Waals surface area contributed by atoms with E-state index in [0.29, 0.717) is 13.1 Å². The third kappa shape index (κ3) is 3.06. The molecule has 0 aliphatic carbocycles. The summed E-state index contributed by atoms with van der Waals surface area (Å²) in [5.41, 5.74) is 6.19. The molecule has 0 spiro atoms. The fourth-order valence-electron chi connectivity index (χ4n) is 3.73. The monoisotopic (exact) mass is 339 g/mol. The number of rotatable bonds is 3. The Kier molecular flexibility index (Phi) is 4.40. The normalized spacial score (nSPS) is 16.0. The number of amides is 1. The Bertz CT molecular complexity index is 931. The number of benzene rings is 3. The summed E-state index contributed by atoms with van der Waals surface area (Å²) in [6, 6.07) is 27.5. The van der Waals surface area contributed by atoms with Gasteiger partial charge in [-0.25, -0.2) is 0 Å². The Morgan fingerprint density at radius 1 is 0.923 bits per heavy atom. The van der Waals surface area contributed by atoms with E-state index in [1.165, 1.54) is 33.9 Å². The molecule has 0 N–H and O–H groups in total. The summed E-state index contributed by atoms with van der Waals surface area (Å²) in [6.45, 7) is 4.97. The van der Waals surface area contributed by atoms with Gasteiger partial charge in [-0.15, -0.1) is 0 Å². The van der Waals surface area contributed by atoms with Gasteiger partial charge in [0.2, 0.25) is 5.91 Å². The molecule has 0 bridgehead atoms. The van der Waals surface area contributed by atoms with Gasteiger partial charge in [0.15, 0.2) is 0 Å². The lowest BCUT2D eigenvalue weighted by Crippen LogP contribution is -2.37. The number of fused-ring (bicyclic) bond motifs is 1. The summed E-state index contributed by atoms with van der Waals surface area (Å²) in [6.07, 6.45) is 1.41. The van der Waals surface area contributed by atoms with Gasteiger partial charge in [0.05, 0.1) is 0 Å². The zero-order valence-electron chi connectivity index (χ0n) is 14.6. The molecule has 26 heavy (non-hydrogen) atoms. The molecule has 3 aromatic rings. The second-order valence-electron chi connectivity index (χ2n) is 6.67. The van der Waals surface area contributed by atoms with Crippen LogP contribution in [0.25, 0.3) is 11.1 Å². The van der Waals surface area contributed by atoms with Crippen molar-refractivity contribution in [2.45, 2.75) is 12.5 Å². The highest BCUT2D eigenvalue weighted by Gasteiger charge is 2.28. The largest absolute Gasteiger partial charge is 0.334 e. The Balaban J connectivity index is 1.81. The molecule has 1 aliphatic heterocycles. The van der Waals surface area contributed by atoms with E-state index in [9.17, 15) is 4.79 Å². The Labute approximate surface area is 154 Å². The Hall–Kier alpha value is -3.13. The highest BCUT2D eigenvalue weighted by molar-refractivity contribution is 5.87. The van der Waals surface area contributed by atoms with E-state index in [0.717, 1.165) is 0 Å². The van der Waals surface area contributed by atoms with Crippen molar-refractivity contribution >= 4 is 5.91 Å². The van der Waals surface area contributed by atoms with Crippen LogP contribution in [0.5, 0.6) is 0 Å². The molecule has 128 valence electrons. The van der Waals surface area contributed by atoms with Crippen molar-refractivity contribution in [2.24, 2.45) is 0 Å². The molecular weight excluding hydrogens is 318 g/mol. The Morgan fingerprint density at radius 2 is 1.62 bits per heavy atom. The average molecular weight is 339 g/mol. The lowest BCUT2D eigenvalue weighted by atomic mass is 9.83. The summed E-state index contributed by atoms with van der Waals surface area (Å²) in [5, 5.41) is 0. The molecule has 0 saturated carbocycles. The van der Waals surface area contributed by atoms with Crippen LogP contribution < -0.4 is 0 Å². The SMILES string of the molecule is C=CC(=O)N1Cc2ccc(-c3ccccc3)cc2[C@@H](c2ccccc2)C1. The quantitative estimate of drug-likeness (QED) is 0.614. The van der Waals surface area contributed by atoms with Crippen molar-refractivity contribution in [1.82, 2.24) is 4.90 Å². The van der Waals surface area contributed by atoms with Crippen molar-refractivity contribution in [3.63, 3.8) is 0 Å². The minimum Gasteiger partial charge on any atom is -0.334 e. The first-order valence-electron chi connectivity index (χ1n) is 8.91. The number of nitrogens with zero attached hydrogens (tertiary/aromatic N) is 1. The fourth-order valence-corrected chi connectivity index (χ4v) is 3.73. The molecule has 0 fully saturated rings. The van der Waals surface area contributed by atoms with E-state index in [2.05, 4.69) is 73.3 Å². The first-order chi connectivity index (χ1) is 12.8. The lowest BCUT2D eigenvalue weighted by molar-refractivity contribution is -0.127. The molecule has 0 unspecified atom stereocenters. The van der Waals surface area contributed by atoms with Crippen LogP contribution in [0.3, 0.4) is 0 Å². The summed E-state index contributed by atoms with van der Waals surface area (Å²) in [7, 11) is 0. The molecule has 0 aromatic heterocycles. The van der Waals surface area contributed by atoms with E-state index in [1.807, 2.05) is 17.0 Å². The van der Waals surface area contributed by atoms with Gasteiger partial charge in [0, 0.05) is 19.0 Å². The van der Waals surface area contributed by atoms with E-state index >= 15 is 0 Å². The highest BCUT2D eigenvalue weighted by atomic mass is 16.2.